The van der Waals surface area contributed by atoms with Crippen LogP contribution in [-0.4, -0.2) is 38.8 Å². The van der Waals surface area contributed by atoms with E-state index in [0.29, 0.717) is 26.2 Å². The Balaban J connectivity index is 2.23. The molecule has 0 aliphatic carbocycles. The van der Waals surface area contributed by atoms with E-state index in [1.165, 1.54) is 0 Å². The molecule has 0 spiro atoms. The van der Waals surface area contributed by atoms with E-state index in [1.54, 1.807) is 7.11 Å². The van der Waals surface area contributed by atoms with E-state index < -0.39 is 0 Å². The summed E-state index contributed by atoms with van der Waals surface area (Å²) in [6.07, 6.45) is 2.47. The Morgan fingerprint density at radius 1 is 1.03 bits per heavy atom. The average molecular weight is 414 g/mol. The second-order valence-electron chi connectivity index (χ2n) is 6.83. The van der Waals surface area contributed by atoms with Gasteiger partial charge in [0.2, 0.25) is 5.91 Å². The Kier molecular flexibility index (Phi) is 9.67. The van der Waals surface area contributed by atoms with E-state index in [0.717, 1.165) is 41.0 Å². The van der Waals surface area contributed by atoms with E-state index in [4.69, 9.17) is 25.7 Å². The van der Waals surface area contributed by atoms with Crippen molar-refractivity contribution in [1.29, 1.82) is 0 Å². The average Bonchev–Trinajstić information content (AvgIpc) is 2.73. The quantitative estimate of drug-likeness (QED) is 0.314. The summed E-state index contributed by atoms with van der Waals surface area (Å²) >= 11 is 0. The number of benzene rings is 2. The Morgan fingerprint density at radius 2 is 1.87 bits per heavy atom. The Hall–Kier alpha value is -3.06. The number of hydrogen-bond acceptors (Lipinski definition) is 4. The molecule has 0 saturated heterocycles. The third kappa shape index (κ3) is 7.75. The minimum atomic E-state index is -0.345. The van der Waals surface area contributed by atoms with Crippen LogP contribution >= 0.6 is 0 Å². The van der Waals surface area contributed by atoms with E-state index in [1.807, 2.05) is 42.5 Å². The van der Waals surface area contributed by atoms with Crippen molar-refractivity contribution in [2.45, 2.75) is 32.6 Å². The molecule has 30 heavy (non-hydrogen) atoms. The van der Waals surface area contributed by atoms with Gasteiger partial charge in [-0.1, -0.05) is 31.2 Å². The molecule has 7 nitrogen and oxygen atoms in total. The molecule has 0 aliphatic heterocycles. The zero-order valence-electron chi connectivity index (χ0n) is 17.7. The summed E-state index contributed by atoms with van der Waals surface area (Å²) in [7, 11) is 1.67. The maximum atomic E-state index is 11.8. The highest BCUT2D eigenvalue weighted by molar-refractivity contribution is 5.91. The smallest absolute Gasteiger partial charge is 0.249 e. The molecule has 0 heterocycles. The summed E-state index contributed by atoms with van der Waals surface area (Å²) in [6, 6.07) is 13.9. The van der Waals surface area contributed by atoms with Crippen LogP contribution in [0, 0.1) is 0 Å². The Morgan fingerprint density at radius 3 is 2.60 bits per heavy atom. The van der Waals surface area contributed by atoms with E-state index in [-0.39, 0.29) is 18.3 Å². The summed E-state index contributed by atoms with van der Waals surface area (Å²) in [4.78, 5) is 15.3. The summed E-state index contributed by atoms with van der Waals surface area (Å²) < 4.78 is 16.9. The lowest BCUT2D eigenvalue weighted by atomic mass is 10.0. The number of methoxy groups -OCH3 is 1. The van der Waals surface area contributed by atoms with Gasteiger partial charge < -0.3 is 25.7 Å². The van der Waals surface area contributed by atoms with Gasteiger partial charge in [0.1, 0.15) is 11.5 Å². The first-order valence-electron chi connectivity index (χ1n) is 10.1. The van der Waals surface area contributed by atoms with Crippen molar-refractivity contribution in [2.75, 3.05) is 26.9 Å². The first-order valence-corrected chi connectivity index (χ1v) is 10.1. The lowest BCUT2D eigenvalue weighted by Gasteiger charge is -2.14. The Bertz CT molecular complexity index is 848. The molecule has 2 rings (SSSR count). The predicted octanol–water partition coefficient (Wildman–Crippen LogP) is 3.29. The highest BCUT2D eigenvalue weighted by Gasteiger charge is 2.11. The van der Waals surface area contributed by atoms with Gasteiger partial charge in [0.25, 0.3) is 0 Å². The number of guanidine groups is 1. The zero-order valence-corrected chi connectivity index (χ0v) is 17.7. The molecular formula is C23H31N3O4. The number of amides is 1. The maximum absolute atomic E-state index is 11.8. The molecule has 0 saturated carbocycles. The summed E-state index contributed by atoms with van der Waals surface area (Å²) in [6.45, 7) is 3.91. The summed E-state index contributed by atoms with van der Waals surface area (Å²) in [5.74, 6) is 1.02. The van der Waals surface area contributed by atoms with Gasteiger partial charge in [-0.05, 0) is 42.2 Å². The van der Waals surface area contributed by atoms with Crippen molar-refractivity contribution in [3.63, 3.8) is 0 Å². The first-order chi connectivity index (χ1) is 14.5. The minimum absolute atomic E-state index is 0.220. The molecule has 4 N–H and O–H groups in total. The van der Waals surface area contributed by atoms with Crippen molar-refractivity contribution < 1.29 is 19.0 Å². The number of nitrogens with two attached hydrogens (primary N) is 2. The van der Waals surface area contributed by atoms with Crippen LogP contribution in [-0.2, 0) is 16.0 Å². The van der Waals surface area contributed by atoms with Crippen molar-refractivity contribution in [1.82, 2.24) is 0 Å². The highest BCUT2D eigenvalue weighted by Crippen LogP contribution is 2.33. The van der Waals surface area contributed by atoms with Crippen molar-refractivity contribution in [3.05, 3.63) is 48.0 Å². The lowest BCUT2D eigenvalue weighted by Crippen LogP contribution is -2.24. The normalized spacial score (nSPS) is 10.5. The molecule has 0 bridgehead atoms. The number of carbonyl (C=O) groups is 1. The van der Waals surface area contributed by atoms with Crippen LogP contribution in [0.3, 0.4) is 0 Å². The SMILES string of the molecule is CCCOc1cccc(-c2ccc(CCC(=O)N=C(N)N)cc2OCCCOC)c1. The molecule has 2 aromatic rings. The summed E-state index contributed by atoms with van der Waals surface area (Å²) in [5.41, 5.74) is 13.5. The van der Waals surface area contributed by atoms with Gasteiger partial charge in [-0.3, -0.25) is 4.79 Å². The van der Waals surface area contributed by atoms with Gasteiger partial charge in [0, 0.05) is 32.1 Å². The number of aliphatic imine (C=N–C) groups is 1. The fraction of sp³-hybridized carbons (Fsp3) is 0.391. The van der Waals surface area contributed by atoms with Gasteiger partial charge in [0.05, 0.1) is 13.2 Å². The van der Waals surface area contributed by atoms with Crippen molar-refractivity contribution >= 4 is 11.9 Å². The molecular weight excluding hydrogens is 382 g/mol. The minimum Gasteiger partial charge on any atom is -0.494 e. The number of ether oxygens (including phenoxy) is 3. The Labute approximate surface area is 178 Å². The zero-order chi connectivity index (χ0) is 21.8. The molecule has 0 aromatic heterocycles. The standard InChI is InChI=1S/C23H31N3O4/c1-3-12-29-19-7-4-6-18(16-19)20-10-8-17(9-11-22(27)26-23(24)25)15-21(20)30-14-5-13-28-2/h4,6-8,10,15-16H,3,5,9,11-14H2,1-2H3,(H4,24,25,26,27). The van der Waals surface area contributed by atoms with E-state index in [2.05, 4.69) is 11.9 Å². The van der Waals surface area contributed by atoms with Crippen LogP contribution in [0.1, 0.15) is 31.7 Å². The number of rotatable bonds is 12. The molecule has 0 atom stereocenters. The van der Waals surface area contributed by atoms with Gasteiger partial charge in [-0.15, -0.1) is 0 Å². The van der Waals surface area contributed by atoms with Crippen LogP contribution in [0.4, 0.5) is 0 Å². The van der Waals surface area contributed by atoms with Gasteiger partial charge in [-0.25, -0.2) is 0 Å². The molecule has 2 aromatic carbocycles. The van der Waals surface area contributed by atoms with Gasteiger partial charge in [-0.2, -0.15) is 4.99 Å². The molecule has 1 amide bonds. The highest BCUT2D eigenvalue weighted by atomic mass is 16.5. The summed E-state index contributed by atoms with van der Waals surface area (Å²) in [5, 5.41) is 0. The van der Waals surface area contributed by atoms with E-state index in [9.17, 15) is 4.79 Å². The van der Waals surface area contributed by atoms with Crippen molar-refractivity contribution in [2.24, 2.45) is 16.5 Å². The van der Waals surface area contributed by atoms with Crippen LogP contribution in [0.25, 0.3) is 11.1 Å². The van der Waals surface area contributed by atoms with Crippen LogP contribution in [0.5, 0.6) is 11.5 Å². The molecule has 0 fully saturated rings. The third-order valence-corrected chi connectivity index (χ3v) is 4.30. The molecule has 7 heteroatoms. The number of aryl methyl sites for hydroxylation is 1. The van der Waals surface area contributed by atoms with Crippen LogP contribution < -0.4 is 20.9 Å². The van der Waals surface area contributed by atoms with Gasteiger partial charge in [0.15, 0.2) is 5.96 Å². The monoisotopic (exact) mass is 413 g/mol. The third-order valence-electron chi connectivity index (χ3n) is 4.30. The molecule has 0 unspecified atom stereocenters. The fourth-order valence-corrected chi connectivity index (χ4v) is 2.89. The van der Waals surface area contributed by atoms with Crippen molar-refractivity contribution in [3.8, 4) is 22.6 Å². The number of carbonyl (C=O) groups excluding carboxylic acids is 1. The first kappa shape index (κ1) is 23.2. The van der Waals surface area contributed by atoms with Crippen LogP contribution in [0.2, 0.25) is 0 Å². The second kappa shape index (κ2) is 12.5. The number of nitrogens with zero attached hydrogens (tertiary/aromatic N) is 1. The maximum Gasteiger partial charge on any atom is 0.249 e. The fourth-order valence-electron chi connectivity index (χ4n) is 2.89. The largest absolute Gasteiger partial charge is 0.494 e. The molecule has 162 valence electrons. The molecule has 0 aliphatic rings. The predicted molar refractivity (Wildman–Crippen MR) is 119 cm³/mol. The molecule has 0 radical (unpaired) electrons. The number of hydrogen-bond donors (Lipinski definition) is 2. The van der Waals surface area contributed by atoms with E-state index >= 15 is 0 Å². The topological polar surface area (TPSA) is 109 Å². The van der Waals surface area contributed by atoms with Gasteiger partial charge >= 0.3 is 0 Å². The van der Waals surface area contributed by atoms with Crippen LogP contribution in [0.15, 0.2) is 47.5 Å². The second-order valence-corrected chi connectivity index (χ2v) is 6.83. The lowest BCUT2D eigenvalue weighted by molar-refractivity contribution is -0.117.